The molecule has 0 N–H and O–H groups in total. The molecule has 6 aromatic rings. The van der Waals surface area contributed by atoms with Gasteiger partial charge < -0.3 is 28.4 Å². The highest BCUT2D eigenvalue weighted by molar-refractivity contribution is 6.02. The second kappa shape index (κ2) is 17.6. The molecule has 6 nitrogen and oxygen atoms in total. The number of rotatable bonds is 16. The first kappa shape index (κ1) is 40.6. The Kier molecular flexibility index (Phi) is 11.9. The Morgan fingerprint density at radius 1 is 0.517 bits per heavy atom. The van der Waals surface area contributed by atoms with E-state index in [0.717, 1.165) is 104 Å². The molecule has 8 rings (SSSR count). The minimum absolute atomic E-state index is 0.0804. The monoisotopic (exact) mass is 800 g/mol. The molecule has 6 aromatic carbocycles. The van der Waals surface area contributed by atoms with E-state index in [-0.39, 0.29) is 12.2 Å². The summed E-state index contributed by atoms with van der Waals surface area (Å²) in [6.07, 6.45) is 12.5. The number of benzene rings is 6. The molecule has 4 atom stereocenters. The summed E-state index contributed by atoms with van der Waals surface area (Å²) in [6.45, 7) is 13.8. The van der Waals surface area contributed by atoms with Crippen LogP contribution >= 0.6 is 0 Å². The first-order valence-electron chi connectivity index (χ1n) is 21.7. The summed E-state index contributed by atoms with van der Waals surface area (Å²) >= 11 is 0. The normalized spacial score (nSPS) is 18.7. The summed E-state index contributed by atoms with van der Waals surface area (Å²) in [5.74, 6) is 4.57. The number of fused-ring (bicyclic) bond motifs is 5. The van der Waals surface area contributed by atoms with E-state index < -0.39 is 11.2 Å². The maximum Gasteiger partial charge on any atom is 0.181 e. The molecule has 0 saturated carbocycles. The summed E-state index contributed by atoms with van der Waals surface area (Å²) in [7, 11) is 0. The predicted octanol–water partition coefficient (Wildman–Crippen LogP) is 13.5. The van der Waals surface area contributed by atoms with Gasteiger partial charge in [-0.15, -0.1) is 0 Å². The van der Waals surface area contributed by atoms with Crippen molar-refractivity contribution in [2.75, 3.05) is 13.2 Å². The summed E-state index contributed by atoms with van der Waals surface area (Å²) in [5, 5.41) is 2.14. The van der Waals surface area contributed by atoms with E-state index >= 15 is 0 Å². The maximum atomic E-state index is 7.33. The van der Waals surface area contributed by atoms with Crippen molar-refractivity contribution in [2.24, 2.45) is 0 Å². The lowest BCUT2D eigenvalue weighted by Crippen LogP contribution is -2.35. The quantitative estimate of drug-likeness (QED) is 0.0972. The Labute approximate surface area is 355 Å². The molecule has 0 aromatic heterocycles. The van der Waals surface area contributed by atoms with Gasteiger partial charge >= 0.3 is 0 Å². The van der Waals surface area contributed by atoms with Crippen LogP contribution in [-0.2, 0) is 11.2 Å². The van der Waals surface area contributed by atoms with Crippen LogP contribution in [0.15, 0.2) is 133 Å². The van der Waals surface area contributed by atoms with Crippen molar-refractivity contribution in [3.05, 3.63) is 167 Å². The molecule has 0 bridgehead atoms. The summed E-state index contributed by atoms with van der Waals surface area (Å²) in [6, 6.07) is 41.5. The zero-order valence-corrected chi connectivity index (χ0v) is 35.7. The highest BCUT2D eigenvalue weighted by Crippen LogP contribution is 2.52. The van der Waals surface area contributed by atoms with Crippen molar-refractivity contribution in [1.82, 2.24) is 0 Å². The average Bonchev–Trinajstić information content (AvgIpc) is 3.30. The molecule has 6 heteroatoms. The van der Waals surface area contributed by atoms with Crippen LogP contribution in [0.25, 0.3) is 22.9 Å². The van der Waals surface area contributed by atoms with Gasteiger partial charge in [0, 0.05) is 50.9 Å². The molecular weight excluding hydrogens is 745 g/mol. The fourth-order valence-electron chi connectivity index (χ4n) is 8.10. The number of hydrogen-bond acceptors (Lipinski definition) is 6. The molecule has 0 spiro atoms. The standard InChI is InChI=1S/C54H56O6/c1-7-33-55-50-35-42(57-37(5)9-3)23-25-46(50)53(40-17-13-11-14-18-40)31-29-44-48(59-53)27-21-39-22-28-49-45(52(39)44)30-32-54(60-49,41-19-15-12-16-20-41)47-26-24-43(58-38(6)10-4)36-51(47)56-34-8-2/h11-32,35-38H,7-10,33-34H2,1-6H3. The van der Waals surface area contributed by atoms with Crippen molar-refractivity contribution in [2.45, 2.75) is 90.6 Å². The van der Waals surface area contributed by atoms with Crippen molar-refractivity contribution in [1.29, 1.82) is 0 Å². The Hall–Kier alpha value is -6.14. The summed E-state index contributed by atoms with van der Waals surface area (Å²) < 4.78 is 40.2. The van der Waals surface area contributed by atoms with Crippen molar-refractivity contribution in [3.63, 3.8) is 0 Å². The van der Waals surface area contributed by atoms with Crippen LogP contribution in [-0.4, -0.2) is 25.4 Å². The molecule has 0 radical (unpaired) electrons. The van der Waals surface area contributed by atoms with Gasteiger partial charge in [-0.3, -0.25) is 0 Å². The Morgan fingerprint density at radius 3 is 1.35 bits per heavy atom. The van der Waals surface area contributed by atoms with Gasteiger partial charge in [0.15, 0.2) is 11.2 Å². The molecule has 2 aliphatic heterocycles. The van der Waals surface area contributed by atoms with Gasteiger partial charge in [-0.25, -0.2) is 0 Å². The van der Waals surface area contributed by atoms with Crippen molar-refractivity contribution < 1.29 is 28.4 Å². The molecule has 4 unspecified atom stereocenters. The van der Waals surface area contributed by atoms with Gasteiger partial charge in [0.1, 0.15) is 34.5 Å². The first-order valence-corrected chi connectivity index (χ1v) is 21.7. The molecule has 60 heavy (non-hydrogen) atoms. The molecule has 2 aliphatic rings. The maximum absolute atomic E-state index is 7.33. The van der Waals surface area contributed by atoms with Crippen LogP contribution in [0, 0.1) is 0 Å². The lowest BCUT2D eigenvalue weighted by Gasteiger charge is -2.39. The highest BCUT2D eigenvalue weighted by atomic mass is 16.5. The summed E-state index contributed by atoms with van der Waals surface area (Å²) in [5.41, 5.74) is 3.85. The molecule has 0 fully saturated rings. The average molecular weight is 801 g/mol. The highest BCUT2D eigenvalue weighted by Gasteiger charge is 2.42. The zero-order valence-electron chi connectivity index (χ0n) is 35.7. The third kappa shape index (κ3) is 7.72. The van der Waals surface area contributed by atoms with Crippen LogP contribution < -0.4 is 28.4 Å². The zero-order chi connectivity index (χ0) is 41.7. The Bertz CT molecular complexity index is 2320. The van der Waals surface area contributed by atoms with E-state index in [9.17, 15) is 0 Å². The lowest BCUT2D eigenvalue weighted by molar-refractivity contribution is 0.153. The van der Waals surface area contributed by atoms with Gasteiger partial charge in [0.05, 0.1) is 25.4 Å². The Morgan fingerprint density at radius 2 is 0.950 bits per heavy atom. The van der Waals surface area contributed by atoms with Gasteiger partial charge in [0.2, 0.25) is 0 Å². The van der Waals surface area contributed by atoms with Crippen LogP contribution in [0.3, 0.4) is 0 Å². The third-order valence-electron chi connectivity index (χ3n) is 11.6. The third-order valence-corrected chi connectivity index (χ3v) is 11.6. The van der Waals surface area contributed by atoms with E-state index in [2.05, 4.69) is 151 Å². The minimum Gasteiger partial charge on any atom is -0.493 e. The lowest BCUT2D eigenvalue weighted by atomic mass is 9.81. The SMILES string of the molecule is CCCOc1cc(OC(C)CC)ccc1C1(c2ccccc2)C=Cc2c(ccc3ccc4c(c23)C=CC(c2ccccc2)(c2ccc(OC(C)CC)cc2OCCC)O4)O1. The van der Waals surface area contributed by atoms with E-state index in [1.807, 2.05) is 36.4 Å². The molecule has 2 heterocycles. The van der Waals surface area contributed by atoms with Crippen molar-refractivity contribution >= 4 is 22.9 Å². The van der Waals surface area contributed by atoms with E-state index in [1.54, 1.807) is 0 Å². The fraction of sp³-hybridized carbons (Fsp3) is 0.296. The molecular formula is C54H56O6. The molecule has 308 valence electrons. The van der Waals surface area contributed by atoms with Gasteiger partial charge in [0.25, 0.3) is 0 Å². The van der Waals surface area contributed by atoms with E-state index in [1.165, 1.54) is 0 Å². The first-order chi connectivity index (χ1) is 29.3. The van der Waals surface area contributed by atoms with Crippen LogP contribution in [0.5, 0.6) is 34.5 Å². The van der Waals surface area contributed by atoms with E-state index in [4.69, 9.17) is 28.4 Å². The van der Waals surface area contributed by atoms with Crippen LogP contribution in [0.4, 0.5) is 0 Å². The second-order valence-electron chi connectivity index (χ2n) is 15.8. The van der Waals surface area contributed by atoms with Crippen molar-refractivity contribution in [3.8, 4) is 34.5 Å². The molecule has 0 saturated heterocycles. The second-order valence-corrected chi connectivity index (χ2v) is 15.8. The van der Waals surface area contributed by atoms with Gasteiger partial charge in [-0.2, -0.15) is 0 Å². The van der Waals surface area contributed by atoms with E-state index in [0.29, 0.717) is 13.2 Å². The van der Waals surface area contributed by atoms with Crippen LogP contribution in [0.2, 0.25) is 0 Å². The Balaban J connectivity index is 1.26. The minimum atomic E-state index is -0.969. The fourth-order valence-corrected chi connectivity index (χ4v) is 8.10. The number of ether oxygens (including phenoxy) is 6. The number of hydrogen-bond donors (Lipinski definition) is 0. The largest absolute Gasteiger partial charge is 0.493 e. The van der Waals surface area contributed by atoms with Gasteiger partial charge in [-0.05, 0) is 106 Å². The predicted molar refractivity (Wildman–Crippen MR) is 243 cm³/mol. The topological polar surface area (TPSA) is 55.4 Å². The molecule has 0 amide bonds. The van der Waals surface area contributed by atoms with Crippen LogP contribution in [0.1, 0.15) is 101 Å². The molecule has 0 aliphatic carbocycles. The summed E-state index contributed by atoms with van der Waals surface area (Å²) in [4.78, 5) is 0. The van der Waals surface area contributed by atoms with Gasteiger partial charge in [-0.1, -0.05) is 100 Å². The smallest absolute Gasteiger partial charge is 0.181 e.